The fourth-order valence-electron chi connectivity index (χ4n) is 2.87. The molecule has 0 bridgehead atoms. The van der Waals surface area contributed by atoms with Crippen LogP contribution in [0.2, 0.25) is 0 Å². The van der Waals surface area contributed by atoms with E-state index in [0.29, 0.717) is 12.3 Å². The quantitative estimate of drug-likeness (QED) is 0.639. The van der Waals surface area contributed by atoms with E-state index < -0.39 is 5.92 Å². The van der Waals surface area contributed by atoms with Gasteiger partial charge in [0.25, 0.3) is 0 Å². The van der Waals surface area contributed by atoms with Crippen LogP contribution in [0.1, 0.15) is 24.5 Å². The van der Waals surface area contributed by atoms with Gasteiger partial charge in [-0.15, -0.1) is 0 Å². The number of amides is 1. The third-order valence-corrected chi connectivity index (χ3v) is 4.33. The average molecular weight is 323 g/mol. The average Bonchev–Trinajstić information content (AvgIpc) is 2.99. The van der Waals surface area contributed by atoms with Gasteiger partial charge in [-0.05, 0) is 43.2 Å². The summed E-state index contributed by atoms with van der Waals surface area (Å²) in [4.78, 5) is 26.3. The van der Waals surface area contributed by atoms with Crippen molar-refractivity contribution < 1.29 is 14.3 Å². The SMILES string of the molecule is CCc1cccc(N2CC(C(=O)Oc3ccc(C)cc3)CC2=O)c1. The van der Waals surface area contributed by atoms with Crippen molar-refractivity contribution in [3.8, 4) is 5.75 Å². The highest BCUT2D eigenvalue weighted by Crippen LogP contribution is 2.27. The maximum Gasteiger partial charge on any atom is 0.316 e. The number of anilines is 1. The molecule has 0 N–H and O–H groups in total. The van der Waals surface area contributed by atoms with E-state index in [9.17, 15) is 9.59 Å². The molecule has 2 aromatic rings. The largest absolute Gasteiger partial charge is 0.426 e. The number of benzene rings is 2. The zero-order valence-electron chi connectivity index (χ0n) is 14.0. The Kier molecular flexibility index (Phi) is 4.65. The molecule has 1 saturated heterocycles. The molecule has 1 atom stereocenters. The van der Waals surface area contributed by atoms with E-state index >= 15 is 0 Å². The molecule has 1 aliphatic rings. The van der Waals surface area contributed by atoms with Crippen molar-refractivity contribution in [2.75, 3.05) is 11.4 Å². The second-order valence-corrected chi connectivity index (χ2v) is 6.16. The van der Waals surface area contributed by atoms with Crippen LogP contribution in [0.5, 0.6) is 5.75 Å². The molecule has 2 aromatic carbocycles. The van der Waals surface area contributed by atoms with E-state index in [1.165, 1.54) is 5.56 Å². The lowest BCUT2D eigenvalue weighted by Gasteiger charge is -2.17. The Morgan fingerprint density at radius 2 is 1.96 bits per heavy atom. The number of carbonyl (C=O) groups is 2. The highest BCUT2D eigenvalue weighted by Gasteiger charge is 2.36. The van der Waals surface area contributed by atoms with Crippen LogP contribution < -0.4 is 9.64 Å². The number of nitrogens with zero attached hydrogens (tertiary/aromatic N) is 1. The number of esters is 1. The minimum Gasteiger partial charge on any atom is -0.426 e. The zero-order valence-corrected chi connectivity index (χ0v) is 14.0. The van der Waals surface area contributed by atoms with Crippen molar-refractivity contribution in [3.63, 3.8) is 0 Å². The van der Waals surface area contributed by atoms with Gasteiger partial charge >= 0.3 is 5.97 Å². The second-order valence-electron chi connectivity index (χ2n) is 6.16. The van der Waals surface area contributed by atoms with Gasteiger partial charge in [-0.3, -0.25) is 9.59 Å². The van der Waals surface area contributed by atoms with Crippen molar-refractivity contribution in [2.24, 2.45) is 5.92 Å². The lowest BCUT2D eigenvalue weighted by Crippen LogP contribution is -2.27. The summed E-state index contributed by atoms with van der Waals surface area (Å²) in [7, 11) is 0. The van der Waals surface area contributed by atoms with Crippen LogP contribution in [0.3, 0.4) is 0 Å². The molecule has 0 aliphatic carbocycles. The Labute approximate surface area is 142 Å². The van der Waals surface area contributed by atoms with Gasteiger partial charge < -0.3 is 9.64 Å². The number of rotatable bonds is 4. The number of carbonyl (C=O) groups excluding carboxylic acids is 2. The van der Waals surface area contributed by atoms with E-state index in [1.807, 2.05) is 43.3 Å². The van der Waals surface area contributed by atoms with Crippen molar-refractivity contribution >= 4 is 17.6 Å². The molecule has 4 heteroatoms. The number of hydrogen-bond acceptors (Lipinski definition) is 3. The number of aryl methyl sites for hydroxylation is 2. The summed E-state index contributed by atoms with van der Waals surface area (Å²) in [5.74, 6) is -0.288. The number of ether oxygens (including phenoxy) is 1. The minimum atomic E-state index is -0.427. The van der Waals surface area contributed by atoms with Crippen molar-refractivity contribution in [3.05, 3.63) is 59.7 Å². The van der Waals surface area contributed by atoms with E-state index in [1.54, 1.807) is 17.0 Å². The van der Waals surface area contributed by atoms with Gasteiger partial charge in [-0.1, -0.05) is 36.8 Å². The van der Waals surface area contributed by atoms with E-state index in [4.69, 9.17) is 4.74 Å². The predicted octanol–water partition coefficient (Wildman–Crippen LogP) is 3.52. The van der Waals surface area contributed by atoms with Gasteiger partial charge in [0, 0.05) is 18.7 Å². The van der Waals surface area contributed by atoms with Crippen LogP contribution in [-0.2, 0) is 16.0 Å². The molecular weight excluding hydrogens is 302 g/mol. The molecule has 1 heterocycles. The van der Waals surface area contributed by atoms with Crippen LogP contribution in [0.4, 0.5) is 5.69 Å². The lowest BCUT2D eigenvalue weighted by molar-refractivity contribution is -0.139. The fraction of sp³-hybridized carbons (Fsp3) is 0.300. The summed E-state index contributed by atoms with van der Waals surface area (Å²) in [6.45, 7) is 4.42. The highest BCUT2D eigenvalue weighted by atomic mass is 16.5. The number of hydrogen-bond donors (Lipinski definition) is 0. The normalized spacial score (nSPS) is 17.2. The summed E-state index contributed by atoms with van der Waals surface area (Å²) >= 11 is 0. The molecule has 124 valence electrons. The summed E-state index contributed by atoms with van der Waals surface area (Å²) < 4.78 is 5.41. The van der Waals surface area contributed by atoms with Crippen LogP contribution in [0.15, 0.2) is 48.5 Å². The van der Waals surface area contributed by atoms with Gasteiger partial charge in [0.15, 0.2) is 0 Å². The molecule has 3 rings (SSSR count). The molecule has 0 spiro atoms. The highest BCUT2D eigenvalue weighted by molar-refractivity contribution is 5.99. The Morgan fingerprint density at radius 1 is 1.21 bits per heavy atom. The van der Waals surface area contributed by atoms with Gasteiger partial charge in [-0.25, -0.2) is 0 Å². The summed E-state index contributed by atoms with van der Waals surface area (Å²) in [6, 6.07) is 15.2. The van der Waals surface area contributed by atoms with Crippen molar-refractivity contribution in [1.82, 2.24) is 0 Å². The standard InChI is InChI=1S/C20H21NO3/c1-3-15-5-4-6-17(11-15)21-13-16(12-19(21)22)20(23)24-18-9-7-14(2)8-10-18/h4-11,16H,3,12-13H2,1-2H3. The molecule has 1 aliphatic heterocycles. The molecule has 0 saturated carbocycles. The van der Waals surface area contributed by atoms with Crippen LogP contribution in [0, 0.1) is 12.8 Å². The van der Waals surface area contributed by atoms with Gasteiger partial charge in [-0.2, -0.15) is 0 Å². The molecule has 1 amide bonds. The van der Waals surface area contributed by atoms with Crippen molar-refractivity contribution in [1.29, 1.82) is 0 Å². The van der Waals surface area contributed by atoms with Gasteiger partial charge in [0.1, 0.15) is 5.75 Å². The van der Waals surface area contributed by atoms with Crippen LogP contribution in [0.25, 0.3) is 0 Å². The Morgan fingerprint density at radius 3 is 2.67 bits per heavy atom. The van der Waals surface area contributed by atoms with Gasteiger partial charge in [0.2, 0.25) is 5.91 Å². The van der Waals surface area contributed by atoms with Gasteiger partial charge in [0.05, 0.1) is 5.92 Å². The summed E-state index contributed by atoms with van der Waals surface area (Å²) in [6.07, 6.45) is 1.11. The van der Waals surface area contributed by atoms with Crippen LogP contribution >= 0.6 is 0 Å². The maximum atomic E-state index is 12.3. The summed E-state index contributed by atoms with van der Waals surface area (Å²) in [5, 5.41) is 0. The third kappa shape index (κ3) is 3.48. The molecule has 1 unspecified atom stereocenters. The Bertz CT molecular complexity index is 752. The lowest BCUT2D eigenvalue weighted by atomic mass is 10.1. The molecule has 4 nitrogen and oxygen atoms in total. The smallest absolute Gasteiger partial charge is 0.316 e. The monoisotopic (exact) mass is 323 g/mol. The van der Waals surface area contributed by atoms with E-state index in [-0.39, 0.29) is 18.3 Å². The zero-order chi connectivity index (χ0) is 17.1. The fourth-order valence-corrected chi connectivity index (χ4v) is 2.87. The Balaban J connectivity index is 1.69. The topological polar surface area (TPSA) is 46.6 Å². The summed E-state index contributed by atoms with van der Waals surface area (Å²) in [5.41, 5.74) is 3.13. The maximum absolute atomic E-state index is 12.3. The molecule has 0 aromatic heterocycles. The van der Waals surface area contributed by atoms with E-state index in [0.717, 1.165) is 17.7 Å². The minimum absolute atomic E-state index is 0.0332. The predicted molar refractivity (Wildman–Crippen MR) is 93.1 cm³/mol. The first-order chi connectivity index (χ1) is 11.6. The molecular formula is C20H21NO3. The molecule has 1 fully saturated rings. The van der Waals surface area contributed by atoms with Crippen molar-refractivity contribution in [2.45, 2.75) is 26.7 Å². The Hall–Kier alpha value is -2.62. The first kappa shape index (κ1) is 16.2. The third-order valence-electron chi connectivity index (χ3n) is 4.33. The first-order valence-electron chi connectivity index (χ1n) is 8.24. The van der Waals surface area contributed by atoms with Crippen LogP contribution in [-0.4, -0.2) is 18.4 Å². The van der Waals surface area contributed by atoms with E-state index in [2.05, 4.69) is 6.92 Å². The molecule has 24 heavy (non-hydrogen) atoms. The molecule has 0 radical (unpaired) electrons. The first-order valence-corrected chi connectivity index (χ1v) is 8.24. The second kappa shape index (κ2) is 6.87.